The summed E-state index contributed by atoms with van der Waals surface area (Å²) in [7, 11) is -2.51. The molecule has 0 aliphatic heterocycles. The Morgan fingerprint density at radius 1 is 1.23 bits per heavy atom. The van der Waals surface area contributed by atoms with Crippen molar-refractivity contribution in [2.75, 3.05) is 7.11 Å². The summed E-state index contributed by atoms with van der Waals surface area (Å²) in [5.74, 6) is -0.532. The lowest BCUT2D eigenvalue weighted by Gasteiger charge is -2.17. The number of rotatable bonds is 7. The third-order valence-corrected chi connectivity index (χ3v) is 6.78. The number of sulfonamides is 1. The molecule has 1 atom stereocenters. The van der Waals surface area contributed by atoms with Gasteiger partial charge in [0.05, 0.1) is 23.6 Å². The van der Waals surface area contributed by atoms with Crippen LogP contribution in [0.2, 0.25) is 0 Å². The minimum absolute atomic E-state index is 0.0126. The number of ether oxygens (including phenoxy) is 1. The number of carbonyl (C=O) groups excluding carboxylic acids is 1. The zero-order valence-corrected chi connectivity index (χ0v) is 16.2. The SMILES string of the molecule is COc1ccc(S(=O)(=O)NC(c2ccsc2)c2cccs2)cc1C(N)=O. The molecule has 3 rings (SSSR count). The molecule has 0 bridgehead atoms. The van der Waals surface area contributed by atoms with Crippen LogP contribution in [0.5, 0.6) is 5.75 Å². The number of methoxy groups -OCH3 is 1. The molecule has 0 saturated heterocycles. The predicted octanol–water partition coefficient (Wildman–Crippen LogP) is 2.99. The highest BCUT2D eigenvalue weighted by Gasteiger charge is 2.25. The van der Waals surface area contributed by atoms with Crippen molar-refractivity contribution in [3.05, 3.63) is 68.5 Å². The Morgan fingerprint density at radius 2 is 2.04 bits per heavy atom. The largest absolute Gasteiger partial charge is 0.496 e. The molecule has 1 aromatic carbocycles. The number of amides is 1. The Bertz CT molecular complexity index is 963. The van der Waals surface area contributed by atoms with E-state index in [0.29, 0.717) is 0 Å². The second-order valence-corrected chi connectivity index (χ2v) is 8.83. The quantitative estimate of drug-likeness (QED) is 0.628. The molecule has 9 heteroatoms. The molecule has 1 amide bonds. The maximum atomic E-state index is 12.9. The zero-order valence-electron chi connectivity index (χ0n) is 13.7. The number of carbonyl (C=O) groups is 1. The van der Waals surface area contributed by atoms with Crippen molar-refractivity contribution in [2.24, 2.45) is 5.73 Å². The monoisotopic (exact) mass is 408 g/mol. The molecule has 0 radical (unpaired) electrons. The van der Waals surface area contributed by atoms with E-state index in [-0.39, 0.29) is 16.2 Å². The Morgan fingerprint density at radius 3 is 2.62 bits per heavy atom. The number of nitrogens with two attached hydrogens (primary N) is 1. The van der Waals surface area contributed by atoms with Crippen LogP contribution < -0.4 is 15.2 Å². The fraction of sp³-hybridized carbons (Fsp3) is 0.118. The van der Waals surface area contributed by atoms with Crippen LogP contribution in [-0.4, -0.2) is 21.4 Å². The predicted molar refractivity (Wildman–Crippen MR) is 102 cm³/mol. The van der Waals surface area contributed by atoms with Crippen LogP contribution in [0.3, 0.4) is 0 Å². The third-order valence-electron chi connectivity index (χ3n) is 3.72. The third kappa shape index (κ3) is 3.80. The number of primary amides is 1. The zero-order chi connectivity index (χ0) is 18.7. The van der Waals surface area contributed by atoms with Gasteiger partial charge in [-0.25, -0.2) is 8.42 Å². The summed E-state index contributed by atoms with van der Waals surface area (Å²) in [6, 6.07) is 9.13. The standard InChI is InChI=1S/C17H16N2O4S3/c1-23-14-5-4-12(9-13(14)17(18)20)26(21,22)19-16(11-6-8-24-10-11)15-3-2-7-25-15/h2-10,16,19H,1H3,(H2,18,20). The number of thiophene rings is 2. The van der Waals surface area contributed by atoms with Gasteiger partial charge >= 0.3 is 0 Å². The van der Waals surface area contributed by atoms with Crippen LogP contribution in [0, 0.1) is 0 Å². The van der Waals surface area contributed by atoms with Crippen molar-refractivity contribution in [3.8, 4) is 5.75 Å². The normalized spacial score (nSPS) is 12.7. The molecular weight excluding hydrogens is 392 g/mol. The average molecular weight is 409 g/mol. The molecule has 0 fully saturated rings. The van der Waals surface area contributed by atoms with Gasteiger partial charge in [-0.05, 0) is 52.0 Å². The van der Waals surface area contributed by atoms with Gasteiger partial charge < -0.3 is 10.5 Å². The first-order valence-electron chi connectivity index (χ1n) is 7.48. The highest BCUT2D eigenvalue weighted by molar-refractivity contribution is 7.89. The number of hydrogen-bond donors (Lipinski definition) is 2. The molecule has 2 aromatic heterocycles. The molecule has 0 saturated carbocycles. The molecule has 6 nitrogen and oxygen atoms in total. The van der Waals surface area contributed by atoms with Crippen molar-refractivity contribution in [3.63, 3.8) is 0 Å². The van der Waals surface area contributed by atoms with Gasteiger partial charge in [0, 0.05) is 4.88 Å². The van der Waals surface area contributed by atoms with Crippen LogP contribution in [-0.2, 0) is 10.0 Å². The van der Waals surface area contributed by atoms with E-state index in [9.17, 15) is 13.2 Å². The van der Waals surface area contributed by atoms with E-state index in [2.05, 4.69) is 4.72 Å². The molecule has 2 heterocycles. The second kappa shape index (κ2) is 7.58. The fourth-order valence-electron chi connectivity index (χ4n) is 2.46. The number of hydrogen-bond acceptors (Lipinski definition) is 6. The van der Waals surface area contributed by atoms with Crippen molar-refractivity contribution >= 4 is 38.6 Å². The van der Waals surface area contributed by atoms with Crippen molar-refractivity contribution in [1.82, 2.24) is 4.72 Å². The van der Waals surface area contributed by atoms with Crippen molar-refractivity contribution < 1.29 is 17.9 Å². The molecule has 1 unspecified atom stereocenters. The Kier molecular flexibility index (Phi) is 5.42. The smallest absolute Gasteiger partial charge is 0.252 e. The highest BCUT2D eigenvalue weighted by atomic mass is 32.2. The lowest BCUT2D eigenvalue weighted by Crippen LogP contribution is -2.29. The first-order chi connectivity index (χ1) is 12.4. The molecule has 26 heavy (non-hydrogen) atoms. The van der Waals surface area contributed by atoms with Gasteiger partial charge in [0.25, 0.3) is 5.91 Å². The van der Waals surface area contributed by atoms with E-state index in [1.54, 1.807) is 0 Å². The first-order valence-corrected chi connectivity index (χ1v) is 10.8. The van der Waals surface area contributed by atoms with Gasteiger partial charge in [0.1, 0.15) is 5.75 Å². The van der Waals surface area contributed by atoms with Crippen LogP contribution in [0.4, 0.5) is 0 Å². The molecular formula is C17H16N2O4S3. The van der Waals surface area contributed by atoms with Crippen LogP contribution in [0.15, 0.2) is 57.4 Å². The summed E-state index contributed by atoms with van der Waals surface area (Å²) in [6.45, 7) is 0. The van der Waals surface area contributed by atoms with Crippen LogP contribution in [0.25, 0.3) is 0 Å². The minimum Gasteiger partial charge on any atom is -0.496 e. The number of nitrogens with one attached hydrogen (secondary N) is 1. The topological polar surface area (TPSA) is 98.5 Å². The summed E-state index contributed by atoms with van der Waals surface area (Å²) >= 11 is 2.95. The van der Waals surface area contributed by atoms with Crippen LogP contribution in [0.1, 0.15) is 26.8 Å². The molecule has 0 spiro atoms. The van der Waals surface area contributed by atoms with E-state index < -0.39 is 22.0 Å². The molecule has 0 aliphatic rings. The summed E-state index contributed by atoms with van der Waals surface area (Å²) in [4.78, 5) is 12.4. The molecule has 3 aromatic rings. The molecule has 3 N–H and O–H groups in total. The van der Waals surface area contributed by atoms with Gasteiger partial charge in [-0.1, -0.05) is 6.07 Å². The van der Waals surface area contributed by atoms with E-state index in [4.69, 9.17) is 10.5 Å². The van der Waals surface area contributed by atoms with Crippen LogP contribution >= 0.6 is 22.7 Å². The number of benzene rings is 1. The summed E-state index contributed by atoms with van der Waals surface area (Å²) < 4.78 is 33.6. The second-order valence-electron chi connectivity index (χ2n) is 5.35. The Hall–Kier alpha value is -2.20. The summed E-state index contributed by atoms with van der Waals surface area (Å²) in [5.41, 5.74) is 6.19. The Labute approximate surface area is 159 Å². The van der Waals surface area contributed by atoms with Gasteiger partial charge in [0.15, 0.2) is 0 Å². The minimum atomic E-state index is -3.89. The van der Waals surface area contributed by atoms with E-state index in [1.165, 1.54) is 48.0 Å². The van der Waals surface area contributed by atoms with Gasteiger partial charge in [-0.2, -0.15) is 16.1 Å². The Balaban J connectivity index is 1.99. The van der Waals surface area contributed by atoms with Crippen molar-refractivity contribution in [2.45, 2.75) is 10.9 Å². The lowest BCUT2D eigenvalue weighted by molar-refractivity contribution is 0.0997. The molecule has 136 valence electrons. The van der Waals surface area contributed by atoms with Gasteiger partial charge in [-0.3, -0.25) is 4.79 Å². The first kappa shape index (κ1) is 18.6. The average Bonchev–Trinajstić information content (AvgIpc) is 3.32. The summed E-state index contributed by atoms with van der Waals surface area (Å²) in [6.07, 6.45) is 0. The fourth-order valence-corrected chi connectivity index (χ4v) is 5.25. The van der Waals surface area contributed by atoms with E-state index in [0.717, 1.165) is 10.4 Å². The van der Waals surface area contributed by atoms with E-state index >= 15 is 0 Å². The maximum absolute atomic E-state index is 12.9. The van der Waals surface area contributed by atoms with E-state index in [1.807, 2.05) is 34.3 Å². The maximum Gasteiger partial charge on any atom is 0.252 e. The highest BCUT2D eigenvalue weighted by Crippen LogP contribution is 2.30. The van der Waals surface area contributed by atoms with Gasteiger partial charge in [-0.15, -0.1) is 11.3 Å². The van der Waals surface area contributed by atoms with Crippen molar-refractivity contribution in [1.29, 1.82) is 0 Å². The lowest BCUT2D eigenvalue weighted by atomic mass is 10.1. The molecule has 0 aliphatic carbocycles. The van der Waals surface area contributed by atoms with Gasteiger partial charge in [0.2, 0.25) is 10.0 Å². The summed E-state index contributed by atoms with van der Waals surface area (Å²) in [5, 5.41) is 5.68.